The first-order valence-corrected chi connectivity index (χ1v) is 26.3. The van der Waals surface area contributed by atoms with Crippen molar-refractivity contribution in [3.8, 4) is 45.3 Å². The second-order valence-electron chi connectivity index (χ2n) is 20.6. The van der Waals surface area contributed by atoms with E-state index in [4.69, 9.17) is 28.4 Å². The second kappa shape index (κ2) is 23.8. The Bertz CT molecular complexity index is 3080. The number of halogens is 2. The van der Waals surface area contributed by atoms with Gasteiger partial charge in [-0.05, 0) is 137 Å². The zero-order valence-electron chi connectivity index (χ0n) is 44.2. The molecular formula is C58H58Br2N4O14. The van der Waals surface area contributed by atoms with Crippen molar-refractivity contribution < 1.29 is 57.4 Å². The molecule has 2 aliphatic rings. The molecule has 8 rings (SSSR count). The molecule has 2 aliphatic carbocycles. The van der Waals surface area contributed by atoms with Gasteiger partial charge in [0.1, 0.15) is 33.8 Å². The molecule has 18 nitrogen and oxygen atoms in total. The van der Waals surface area contributed by atoms with Gasteiger partial charge in [-0.2, -0.15) is 0 Å². The van der Waals surface area contributed by atoms with Gasteiger partial charge in [0.2, 0.25) is 11.5 Å². The van der Waals surface area contributed by atoms with Crippen molar-refractivity contribution in [2.24, 2.45) is 0 Å². The van der Waals surface area contributed by atoms with Crippen molar-refractivity contribution in [1.29, 1.82) is 0 Å². The Kier molecular flexibility index (Phi) is 17.7. The molecule has 408 valence electrons. The van der Waals surface area contributed by atoms with Crippen molar-refractivity contribution in [3.63, 3.8) is 0 Å². The largest absolute Gasteiger partial charge is 0.467 e. The van der Waals surface area contributed by atoms with E-state index in [1.54, 1.807) is 90.1 Å². The van der Waals surface area contributed by atoms with E-state index in [-0.39, 0.29) is 35.7 Å². The number of hydrogen-bond donors (Lipinski definition) is 2. The van der Waals surface area contributed by atoms with Crippen LogP contribution in [0.3, 0.4) is 0 Å². The topological polar surface area (TPSA) is 234 Å². The minimum absolute atomic E-state index is 0.0938. The number of aryl methyl sites for hydroxylation is 2. The van der Waals surface area contributed by atoms with Crippen LogP contribution in [0.4, 0.5) is 21.0 Å². The predicted octanol–water partition coefficient (Wildman–Crippen LogP) is 13.5. The SMILES string of the molecule is COC(=O)C1(NC(=O)OC(C)(C)C)CCc2ccc(Oc3c(-c4ccccc4Br)cccc3[N+](=O)[O-])cc2C1.COC(=O)C1(NC(=O)OC(C)(C)C)CCc2ccc(Oc3c(-c4ccccc4Br)cccc3[N+](=O)[O-])cc2C1. The lowest BCUT2D eigenvalue weighted by Crippen LogP contribution is -2.59. The monoisotopic (exact) mass is 1190 g/mol. The van der Waals surface area contributed by atoms with E-state index in [2.05, 4.69) is 42.5 Å². The number of alkyl carbamates (subject to hydrolysis) is 2. The van der Waals surface area contributed by atoms with E-state index in [0.717, 1.165) is 42.3 Å². The zero-order chi connectivity index (χ0) is 56.7. The van der Waals surface area contributed by atoms with E-state index in [0.29, 0.717) is 48.3 Å². The van der Waals surface area contributed by atoms with Gasteiger partial charge in [0.05, 0.1) is 24.1 Å². The van der Waals surface area contributed by atoms with Crippen LogP contribution in [-0.2, 0) is 54.2 Å². The molecule has 2 unspecified atom stereocenters. The van der Waals surface area contributed by atoms with Crippen molar-refractivity contribution >= 4 is 67.4 Å². The van der Waals surface area contributed by atoms with E-state index >= 15 is 0 Å². The third-order valence-electron chi connectivity index (χ3n) is 12.8. The number of carbonyl (C=O) groups excluding carboxylic acids is 4. The number of nitro benzene ring substituents is 2. The molecule has 0 aromatic heterocycles. The summed E-state index contributed by atoms with van der Waals surface area (Å²) in [7, 11) is 2.54. The molecular weight excluding hydrogens is 1140 g/mol. The predicted molar refractivity (Wildman–Crippen MR) is 298 cm³/mol. The van der Waals surface area contributed by atoms with Crippen molar-refractivity contribution in [2.75, 3.05) is 14.2 Å². The lowest BCUT2D eigenvalue weighted by Gasteiger charge is -2.36. The smallest absolute Gasteiger partial charge is 0.408 e. The standard InChI is InChI=1S/2C29H29BrN2O7/c2*1-28(2,3)39-27(34)31-29(26(33)37-4)15-14-18-12-13-20(16-19(18)17-29)38-25-22(9-7-11-24(25)32(35)36)21-8-5-6-10-23(21)30/h2*5-13,16H,14-15,17H2,1-4H3,(H,31,34). The van der Waals surface area contributed by atoms with Gasteiger partial charge in [-0.25, -0.2) is 19.2 Å². The van der Waals surface area contributed by atoms with Crippen LogP contribution in [0.1, 0.15) is 76.6 Å². The Morgan fingerprint density at radius 3 is 1.21 bits per heavy atom. The maximum Gasteiger partial charge on any atom is 0.408 e. The molecule has 2 N–H and O–H groups in total. The summed E-state index contributed by atoms with van der Waals surface area (Å²) in [5.74, 6) is -0.267. The van der Waals surface area contributed by atoms with Crippen LogP contribution in [-0.4, -0.2) is 70.5 Å². The fraction of sp³-hybridized carbons (Fsp3) is 0.310. The highest BCUT2D eigenvalue weighted by molar-refractivity contribution is 9.11. The average molecular weight is 1190 g/mol. The number of para-hydroxylation sites is 2. The summed E-state index contributed by atoms with van der Waals surface area (Å²) in [6.45, 7) is 10.4. The highest BCUT2D eigenvalue weighted by Gasteiger charge is 2.46. The molecule has 0 spiro atoms. The van der Waals surface area contributed by atoms with Gasteiger partial charge in [0, 0.05) is 45.0 Å². The summed E-state index contributed by atoms with van der Waals surface area (Å²) in [5, 5.41) is 29.3. The van der Waals surface area contributed by atoms with Gasteiger partial charge in [-0.3, -0.25) is 20.2 Å². The van der Waals surface area contributed by atoms with Gasteiger partial charge < -0.3 is 39.1 Å². The quantitative estimate of drug-likeness (QED) is 0.0502. The molecule has 78 heavy (non-hydrogen) atoms. The molecule has 6 aromatic rings. The fourth-order valence-electron chi connectivity index (χ4n) is 9.30. The number of methoxy groups -OCH3 is 2. The van der Waals surface area contributed by atoms with Crippen molar-refractivity contribution in [3.05, 3.63) is 173 Å². The average Bonchev–Trinajstić information content (AvgIpc) is 3.38. The first-order valence-electron chi connectivity index (χ1n) is 24.7. The Balaban J connectivity index is 0.000000226. The lowest BCUT2D eigenvalue weighted by molar-refractivity contribution is -0.385. The molecule has 2 atom stereocenters. The lowest BCUT2D eigenvalue weighted by atomic mass is 9.78. The summed E-state index contributed by atoms with van der Waals surface area (Å²) in [5.41, 5.74) is 1.49. The zero-order valence-corrected chi connectivity index (χ0v) is 47.3. The molecule has 0 radical (unpaired) electrons. The Morgan fingerprint density at radius 1 is 0.513 bits per heavy atom. The van der Waals surface area contributed by atoms with Crippen LogP contribution < -0.4 is 20.1 Å². The van der Waals surface area contributed by atoms with Gasteiger partial charge >= 0.3 is 35.5 Å². The number of fused-ring (bicyclic) bond motifs is 2. The van der Waals surface area contributed by atoms with Crippen LogP contribution in [0.2, 0.25) is 0 Å². The normalized spacial score (nSPS) is 16.5. The molecule has 20 heteroatoms. The number of benzene rings is 6. The summed E-state index contributed by atoms with van der Waals surface area (Å²) in [6.07, 6.45) is 0.468. The summed E-state index contributed by atoms with van der Waals surface area (Å²) < 4.78 is 34.8. The number of ether oxygens (including phenoxy) is 6. The highest BCUT2D eigenvalue weighted by atomic mass is 79.9. The fourth-order valence-corrected chi connectivity index (χ4v) is 10.3. The van der Waals surface area contributed by atoms with Crippen LogP contribution in [0.15, 0.2) is 130 Å². The first kappa shape index (κ1) is 57.9. The van der Waals surface area contributed by atoms with E-state index in [1.807, 2.05) is 60.7 Å². The number of amides is 2. The first-order chi connectivity index (χ1) is 36.8. The number of nitro groups is 2. The third kappa shape index (κ3) is 13.6. The number of nitrogens with one attached hydrogen (secondary N) is 2. The molecule has 6 aromatic carbocycles. The Morgan fingerprint density at radius 2 is 0.872 bits per heavy atom. The molecule has 0 fully saturated rings. The number of nitrogens with zero attached hydrogens (tertiary/aromatic N) is 2. The van der Waals surface area contributed by atoms with Crippen molar-refractivity contribution in [2.45, 2.75) is 102 Å². The van der Waals surface area contributed by atoms with Crippen LogP contribution in [0.5, 0.6) is 23.0 Å². The minimum Gasteiger partial charge on any atom is -0.467 e. The molecule has 0 saturated carbocycles. The van der Waals surface area contributed by atoms with E-state index in [9.17, 15) is 39.4 Å². The number of carbonyl (C=O) groups is 4. The van der Waals surface area contributed by atoms with Crippen LogP contribution >= 0.6 is 31.9 Å². The van der Waals surface area contributed by atoms with Crippen molar-refractivity contribution in [1.82, 2.24) is 10.6 Å². The van der Waals surface area contributed by atoms with E-state index in [1.165, 1.54) is 26.4 Å². The summed E-state index contributed by atoms with van der Waals surface area (Å²) in [6, 6.07) is 35.0. The minimum atomic E-state index is -1.33. The highest BCUT2D eigenvalue weighted by Crippen LogP contribution is 2.46. The van der Waals surface area contributed by atoms with Gasteiger partial charge in [0.25, 0.3) is 0 Å². The summed E-state index contributed by atoms with van der Waals surface area (Å²) in [4.78, 5) is 74.0. The van der Waals surface area contributed by atoms with Gasteiger partial charge in [0.15, 0.2) is 0 Å². The molecule has 2 amide bonds. The molecule has 0 bridgehead atoms. The number of esters is 2. The van der Waals surface area contributed by atoms with Gasteiger partial charge in [-0.1, -0.05) is 105 Å². The third-order valence-corrected chi connectivity index (χ3v) is 14.1. The van der Waals surface area contributed by atoms with E-state index < -0.39 is 56.3 Å². The molecule has 0 saturated heterocycles. The van der Waals surface area contributed by atoms with Crippen LogP contribution in [0, 0.1) is 20.2 Å². The maximum atomic E-state index is 12.9. The Hall–Kier alpha value is -7.84. The second-order valence-corrected chi connectivity index (χ2v) is 22.3. The molecule has 0 aliphatic heterocycles. The van der Waals surface area contributed by atoms with Crippen LogP contribution in [0.25, 0.3) is 22.3 Å². The number of hydrogen-bond acceptors (Lipinski definition) is 14. The van der Waals surface area contributed by atoms with Gasteiger partial charge in [-0.15, -0.1) is 0 Å². The number of rotatable bonds is 12. The Labute approximate surface area is 467 Å². The molecule has 0 heterocycles. The maximum absolute atomic E-state index is 12.9. The summed E-state index contributed by atoms with van der Waals surface area (Å²) >= 11 is 7.04.